The van der Waals surface area contributed by atoms with Crippen LogP contribution in [0.15, 0.2) is 36.4 Å². The van der Waals surface area contributed by atoms with E-state index >= 15 is 0 Å². The summed E-state index contributed by atoms with van der Waals surface area (Å²) < 4.78 is 11.0. The van der Waals surface area contributed by atoms with E-state index in [1.165, 1.54) is 5.56 Å². The summed E-state index contributed by atoms with van der Waals surface area (Å²) in [6.45, 7) is 2.01. The molecule has 0 bridgehead atoms. The molecule has 1 aliphatic rings. The van der Waals surface area contributed by atoms with Gasteiger partial charge >= 0.3 is 0 Å². The molecular weight excluding hydrogens is 286 g/mol. The molecule has 2 aromatic carbocycles. The van der Waals surface area contributed by atoms with Crippen LogP contribution in [0.3, 0.4) is 0 Å². The van der Waals surface area contributed by atoms with Gasteiger partial charge in [-0.15, -0.1) is 0 Å². The molecule has 21 heavy (non-hydrogen) atoms. The zero-order chi connectivity index (χ0) is 14.7. The first kappa shape index (κ1) is 14.2. The van der Waals surface area contributed by atoms with Crippen LogP contribution < -0.4 is 10.1 Å². The Morgan fingerprint density at radius 1 is 1.24 bits per heavy atom. The van der Waals surface area contributed by atoms with Gasteiger partial charge in [0.25, 0.3) is 0 Å². The molecule has 0 unspecified atom stereocenters. The minimum absolute atomic E-state index is 0.591. The van der Waals surface area contributed by atoms with Crippen molar-refractivity contribution in [2.75, 3.05) is 19.0 Å². The number of anilines is 1. The van der Waals surface area contributed by atoms with Gasteiger partial charge in [-0.05, 0) is 23.8 Å². The van der Waals surface area contributed by atoms with Crippen molar-refractivity contribution in [2.45, 2.75) is 19.6 Å². The van der Waals surface area contributed by atoms with Gasteiger partial charge in [0.15, 0.2) is 0 Å². The summed E-state index contributed by atoms with van der Waals surface area (Å²) in [6.07, 6.45) is 0.934. The molecule has 0 atom stereocenters. The molecule has 1 N–H and O–H groups in total. The van der Waals surface area contributed by atoms with E-state index in [9.17, 15) is 0 Å². The molecule has 3 nitrogen and oxygen atoms in total. The van der Waals surface area contributed by atoms with E-state index < -0.39 is 0 Å². The summed E-state index contributed by atoms with van der Waals surface area (Å²) in [5, 5.41) is 4.22. The molecule has 1 aliphatic heterocycles. The van der Waals surface area contributed by atoms with Gasteiger partial charge in [-0.2, -0.15) is 0 Å². The third kappa shape index (κ3) is 3.14. The number of fused-ring (bicyclic) bond motifs is 1. The minimum atomic E-state index is 0.591. The van der Waals surface area contributed by atoms with E-state index in [1.807, 2.05) is 24.3 Å². The van der Waals surface area contributed by atoms with Crippen molar-refractivity contribution in [3.8, 4) is 5.75 Å². The monoisotopic (exact) mass is 303 g/mol. The van der Waals surface area contributed by atoms with Crippen molar-refractivity contribution in [3.63, 3.8) is 0 Å². The Morgan fingerprint density at radius 2 is 2.10 bits per heavy atom. The molecule has 0 spiro atoms. The Hall–Kier alpha value is -1.71. The van der Waals surface area contributed by atoms with Crippen LogP contribution in [0.2, 0.25) is 5.02 Å². The lowest BCUT2D eigenvalue weighted by Gasteiger charge is -2.14. The minimum Gasteiger partial charge on any atom is -0.493 e. The highest BCUT2D eigenvalue weighted by Gasteiger charge is 2.17. The maximum Gasteiger partial charge on any atom is 0.127 e. The average molecular weight is 304 g/mol. The summed E-state index contributed by atoms with van der Waals surface area (Å²) in [4.78, 5) is 0. The van der Waals surface area contributed by atoms with E-state index in [4.69, 9.17) is 21.1 Å². The SMILES string of the molecule is COCc1ccccc1NCc1cc(Cl)cc2c1OCC2. The van der Waals surface area contributed by atoms with Gasteiger partial charge in [0, 0.05) is 41.9 Å². The van der Waals surface area contributed by atoms with Gasteiger partial charge in [-0.1, -0.05) is 29.8 Å². The lowest BCUT2D eigenvalue weighted by molar-refractivity contribution is 0.185. The predicted octanol–water partition coefficient (Wildman–Crippen LogP) is 4.03. The molecule has 0 radical (unpaired) electrons. The second kappa shape index (κ2) is 6.37. The van der Waals surface area contributed by atoms with Crippen molar-refractivity contribution < 1.29 is 9.47 Å². The summed E-state index contributed by atoms with van der Waals surface area (Å²) >= 11 is 6.19. The fraction of sp³-hybridized carbons (Fsp3) is 0.294. The first-order valence-electron chi connectivity index (χ1n) is 7.02. The van der Waals surface area contributed by atoms with E-state index in [-0.39, 0.29) is 0 Å². The summed E-state index contributed by atoms with van der Waals surface area (Å²) in [5.74, 6) is 0.983. The molecule has 0 saturated heterocycles. The van der Waals surface area contributed by atoms with Crippen molar-refractivity contribution >= 4 is 17.3 Å². The number of para-hydroxylation sites is 1. The Labute approximate surface area is 129 Å². The van der Waals surface area contributed by atoms with Crippen LogP contribution in [-0.4, -0.2) is 13.7 Å². The van der Waals surface area contributed by atoms with E-state index in [0.717, 1.165) is 40.6 Å². The molecule has 3 rings (SSSR count). The molecule has 0 saturated carbocycles. The number of benzene rings is 2. The normalized spacial score (nSPS) is 12.9. The summed E-state index contributed by atoms with van der Waals surface area (Å²) in [7, 11) is 1.70. The Balaban J connectivity index is 1.80. The number of methoxy groups -OCH3 is 1. The number of rotatable bonds is 5. The first-order chi connectivity index (χ1) is 10.3. The second-order valence-corrected chi connectivity index (χ2v) is 5.53. The van der Waals surface area contributed by atoms with Crippen LogP contribution in [0, 0.1) is 0 Å². The topological polar surface area (TPSA) is 30.5 Å². The smallest absolute Gasteiger partial charge is 0.127 e. The molecular formula is C17H18ClNO2. The number of ether oxygens (including phenoxy) is 2. The molecule has 1 heterocycles. The van der Waals surface area contributed by atoms with Gasteiger partial charge in [0.1, 0.15) is 5.75 Å². The Kier molecular flexibility index (Phi) is 4.32. The van der Waals surface area contributed by atoms with Crippen LogP contribution in [0.1, 0.15) is 16.7 Å². The van der Waals surface area contributed by atoms with Crippen molar-refractivity contribution in [3.05, 3.63) is 58.1 Å². The van der Waals surface area contributed by atoms with Crippen LogP contribution in [0.4, 0.5) is 5.69 Å². The van der Waals surface area contributed by atoms with Crippen molar-refractivity contribution in [1.29, 1.82) is 0 Å². The quantitative estimate of drug-likeness (QED) is 0.904. The molecule has 110 valence electrons. The molecule has 4 heteroatoms. The number of hydrogen-bond acceptors (Lipinski definition) is 3. The fourth-order valence-corrected chi connectivity index (χ4v) is 2.91. The summed E-state index contributed by atoms with van der Waals surface area (Å²) in [5.41, 5.74) is 4.51. The standard InChI is InChI=1S/C17H18ClNO2/c1-20-11-13-4-2-3-5-16(13)19-10-14-9-15(18)8-12-6-7-21-17(12)14/h2-5,8-9,19H,6-7,10-11H2,1H3. The van der Waals surface area contributed by atoms with Crippen LogP contribution in [0.5, 0.6) is 5.75 Å². The zero-order valence-electron chi connectivity index (χ0n) is 12.0. The van der Waals surface area contributed by atoms with Crippen LogP contribution in [0.25, 0.3) is 0 Å². The molecule has 0 fully saturated rings. The van der Waals surface area contributed by atoms with Gasteiger partial charge in [-0.25, -0.2) is 0 Å². The van der Waals surface area contributed by atoms with Gasteiger partial charge in [0.05, 0.1) is 13.2 Å². The third-order valence-electron chi connectivity index (χ3n) is 3.61. The lowest BCUT2D eigenvalue weighted by Crippen LogP contribution is -2.04. The van der Waals surface area contributed by atoms with Crippen LogP contribution >= 0.6 is 11.6 Å². The van der Waals surface area contributed by atoms with E-state index in [0.29, 0.717) is 13.2 Å². The molecule has 0 aromatic heterocycles. The highest BCUT2D eigenvalue weighted by molar-refractivity contribution is 6.30. The first-order valence-corrected chi connectivity index (χ1v) is 7.40. The zero-order valence-corrected chi connectivity index (χ0v) is 12.7. The number of nitrogens with one attached hydrogen (secondary N) is 1. The maximum atomic E-state index is 6.19. The maximum absolute atomic E-state index is 6.19. The van der Waals surface area contributed by atoms with Gasteiger partial charge in [0.2, 0.25) is 0 Å². The van der Waals surface area contributed by atoms with Crippen molar-refractivity contribution in [2.24, 2.45) is 0 Å². The van der Waals surface area contributed by atoms with Gasteiger partial charge in [-0.3, -0.25) is 0 Å². The van der Waals surface area contributed by atoms with Crippen LogP contribution in [-0.2, 0) is 24.3 Å². The Bertz CT molecular complexity index is 643. The summed E-state index contributed by atoms with van der Waals surface area (Å²) in [6, 6.07) is 12.1. The Morgan fingerprint density at radius 3 is 2.95 bits per heavy atom. The average Bonchev–Trinajstić information content (AvgIpc) is 2.94. The van der Waals surface area contributed by atoms with Crippen molar-refractivity contribution in [1.82, 2.24) is 0 Å². The fourth-order valence-electron chi connectivity index (χ4n) is 2.64. The highest BCUT2D eigenvalue weighted by atomic mass is 35.5. The largest absolute Gasteiger partial charge is 0.493 e. The highest BCUT2D eigenvalue weighted by Crippen LogP contribution is 2.33. The molecule has 2 aromatic rings. The molecule has 0 aliphatic carbocycles. The number of hydrogen-bond donors (Lipinski definition) is 1. The second-order valence-electron chi connectivity index (χ2n) is 5.10. The predicted molar refractivity (Wildman–Crippen MR) is 85.1 cm³/mol. The van der Waals surface area contributed by atoms with E-state index in [1.54, 1.807) is 7.11 Å². The van der Waals surface area contributed by atoms with Gasteiger partial charge < -0.3 is 14.8 Å². The lowest BCUT2D eigenvalue weighted by atomic mass is 10.1. The number of halogens is 1. The molecule has 0 amide bonds. The third-order valence-corrected chi connectivity index (χ3v) is 3.83. The van der Waals surface area contributed by atoms with E-state index in [2.05, 4.69) is 17.4 Å².